The lowest BCUT2D eigenvalue weighted by Crippen LogP contribution is -2.59. The van der Waals surface area contributed by atoms with Crippen molar-refractivity contribution in [1.82, 2.24) is 4.90 Å². The highest BCUT2D eigenvalue weighted by atomic mass is 79.9. The molecule has 2 unspecified atom stereocenters. The van der Waals surface area contributed by atoms with E-state index >= 15 is 0 Å². The smallest absolute Gasteiger partial charge is 0.324 e. The second-order valence-electron chi connectivity index (χ2n) is 13.7. The summed E-state index contributed by atoms with van der Waals surface area (Å²) in [6.07, 6.45) is 3.41. The van der Waals surface area contributed by atoms with Crippen LogP contribution in [0, 0.1) is 5.41 Å². The summed E-state index contributed by atoms with van der Waals surface area (Å²) in [5, 5.41) is 1.21. The number of benzene rings is 4. The number of fused-ring (bicyclic) bond motifs is 2. The Kier molecular flexibility index (Phi) is 8.05. The third-order valence-electron chi connectivity index (χ3n) is 10.6. The van der Waals surface area contributed by atoms with Crippen LogP contribution in [0.2, 0.25) is 10.0 Å². The van der Waals surface area contributed by atoms with Crippen molar-refractivity contribution in [2.75, 3.05) is 5.73 Å². The van der Waals surface area contributed by atoms with Crippen molar-refractivity contribution in [2.24, 2.45) is 5.41 Å². The molecular weight excluding hydrogens is 667 g/mol. The number of nitrogen functional groups attached to an aromatic ring is 1. The Labute approximate surface area is 284 Å². The van der Waals surface area contributed by atoms with Crippen LogP contribution in [-0.4, -0.2) is 22.4 Å². The van der Waals surface area contributed by atoms with Crippen molar-refractivity contribution in [3.8, 4) is 0 Å². The van der Waals surface area contributed by atoms with E-state index in [0.29, 0.717) is 15.7 Å². The molecule has 4 aromatic carbocycles. The molecule has 1 aliphatic carbocycles. The van der Waals surface area contributed by atoms with E-state index in [0.717, 1.165) is 52.4 Å². The molecule has 45 heavy (non-hydrogen) atoms. The molecule has 2 aliphatic heterocycles. The number of carbonyl (C=O) groups is 1. The van der Waals surface area contributed by atoms with Gasteiger partial charge in [0.15, 0.2) is 0 Å². The molecule has 2 saturated heterocycles. The molecule has 2 N–H and O–H groups in total. The number of anilines is 1. The van der Waals surface area contributed by atoms with Gasteiger partial charge in [0.05, 0.1) is 6.04 Å². The molecule has 4 nitrogen and oxygen atoms in total. The summed E-state index contributed by atoms with van der Waals surface area (Å²) in [5.74, 6) is -0.592. The van der Waals surface area contributed by atoms with Crippen LogP contribution in [0.1, 0.15) is 85.8 Å². The number of cyclic esters (lactones) is 1. The fourth-order valence-corrected chi connectivity index (χ4v) is 9.57. The number of hydrogen-bond donors (Lipinski definition) is 1. The van der Waals surface area contributed by atoms with Crippen LogP contribution in [0.4, 0.5) is 5.69 Å². The van der Waals surface area contributed by atoms with Crippen LogP contribution >= 0.6 is 39.1 Å². The molecule has 232 valence electrons. The van der Waals surface area contributed by atoms with Gasteiger partial charge in [0.1, 0.15) is 12.1 Å². The maximum atomic E-state index is 14.7. The number of nitrogens with two attached hydrogens (primary N) is 1. The van der Waals surface area contributed by atoms with Gasteiger partial charge >= 0.3 is 5.97 Å². The van der Waals surface area contributed by atoms with Gasteiger partial charge in [-0.15, -0.1) is 0 Å². The molecule has 0 aromatic heterocycles. The number of nitrogens with zero attached hydrogens (tertiary/aromatic N) is 1. The first-order valence-electron chi connectivity index (χ1n) is 15.7. The van der Waals surface area contributed by atoms with E-state index in [4.69, 9.17) is 33.7 Å². The quantitative estimate of drug-likeness (QED) is 0.170. The second-order valence-corrected chi connectivity index (χ2v) is 15.5. The van der Waals surface area contributed by atoms with E-state index in [1.54, 1.807) is 0 Å². The van der Waals surface area contributed by atoms with Crippen LogP contribution in [-0.2, 0) is 9.53 Å². The van der Waals surface area contributed by atoms with Crippen molar-refractivity contribution in [3.05, 3.63) is 134 Å². The third-order valence-corrected chi connectivity index (χ3v) is 11.5. The molecule has 7 heteroatoms. The summed E-state index contributed by atoms with van der Waals surface area (Å²) in [5.41, 5.74) is 11.4. The Balaban J connectivity index is 1.53. The van der Waals surface area contributed by atoms with Crippen LogP contribution in [0.25, 0.3) is 0 Å². The summed E-state index contributed by atoms with van der Waals surface area (Å²) >= 11 is 16.9. The van der Waals surface area contributed by atoms with E-state index in [1.807, 2.05) is 48.5 Å². The molecule has 4 aromatic rings. The first-order valence-corrected chi connectivity index (χ1v) is 17.2. The van der Waals surface area contributed by atoms with Gasteiger partial charge in [0.25, 0.3) is 0 Å². The van der Waals surface area contributed by atoms with Crippen LogP contribution in [0.15, 0.2) is 102 Å². The minimum atomic E-state index is -0.554. The molecule has 0 radical (unpaired) electrons. The highest BCUT2D eigenvalue weighted by molar-refractivity contribution is 9.10. The topological polar surface area (TPSA) is 55.6 Å². The predicted octanol–water partition coefficient (Wildman–Crippen LogP) is 10.3. The van der Waals surface area contributed by atoms with Gasteiger partial charge in [-0.25, -0.2) is 0 Å². The Morgan fingerprint density at radius 2 is 1.42 bits per heavy atom. The number of esters is 1. The van der Waals surface area contributed by atoms with E-state index in [9.17, 15) is 4.79 Å². The minimum Gasteiger partial charge on any atom is -0.454 e. The highest BCUT2D eigenvalue weighted by Gasteiger charge is 2.67. The molecule has 2 heterocycles. The molecule has 5 atom stereocenters. The molecule has 3 aliphatic rings. The molecule has 1 saturated carbocycles. The number of ether oxygens (including phenoxy) is 1. The van der Waals surface area contributed by atoms with E-state index in [2.05, 4.69) is 83.2 Å². The van der Waals surface area contributed by atoms with Crippen molar-refractivity contribution < 1.29 is 9.53 Å². The second kappa shape index (κ2) is 11.8. The van der Waals surface area contributed by atoms with Crippen LogP contribution in [0.3, 0.4) is 0 Å². The average Bonchev–Trinajstić information content (AvgIpc) is 3.30. The number of rotatable bonds is 4. The SMILES string of the molecule is CC1(C)CCC2(CC1)C(c1ccc(Cl)cc1N)[C@@H](c1cc(Cl)cc(Br)c1)[C@@H]1C(=O)OC(c3ccccc3)[C@@H](c3ccccc3)N12. The summed E-state index contributed by atoms with van der Waals surface area (Å²) in [4.78, 5) is 17.3. The lowest BCUT2D eigenvalue weighted by molar-refractivity contribution is -0.182. The molecule has 1 spiro atoms. The maximum absolute atomic E-state index is 14.7. The average molecular weight is 705 g/mol. The van der Waals surface area contributed by atoms with E-state index < -0.39 is 17.7 Å². The Morgan fingerprint density at radius 1 is 0.778 bits per heavy atom. The number of hydrogen-bond acceptors (Lipinski definition) is 4. The summed E-state index contributed by atoms with van der Waals surface area (Å²) < 4.78 is 7.47. The zero-order valence-electron chi connectivity index (χ0n) is 25.4. The summed E-state index contributed by atoms with van der Waals surface area (Å²) in [6.45, 7) is 4.71. The van der Waals surface area contributed by atoms with Gasteiger partial charge in [-0.3, -0.25) is 9.69 Å². The van der Waals surface area contributed by atoms with Crippen molar-refractivity contribution in [1.29, 1.82) is 0 Å². The normalized spacial score (nSPS) is 27.2. The first-order chi connectivity index (χ1) is 21.6. The first kappa shape index (κ1) is 30.8. The Hall–Kier alpha value is -2.83. The van der Waals surface area contributed by atoms with Crippen molar-refractivity contribution in [2.45, 2.75) is 75.1 Å². The van der Waals surface area contributed by atoms with Gasteiger partial charge in [-0.1, -0.05) is 120 Å². The maximum Gasteiger partial charge on any atom is 0.324 e. The third kappa shape index (κ3) is 5.40. The van der Waals surface area contributed by atoms with E-state index in [-0.39, 0.29) is 29.3 Å². The molecule has 3 fully saturated rings. The van der Waals surface area contributed by atoms with Gasteiger partial charge < -0.3 is 10.5 Å². The predicted molar refractivity (Wildman–Crippen MR) is 186 cm³/mol. The standard InChI is InChI=1S/C38H37BrCl2N2O2/c1-37(2)15-17-38(18-16-37)32(29-14-13-27(40)22-30(29)42)31(25-19-26(39)21-28(41)20-25)34-36(44)45-35(24-11-7-4-8-12-24)33(43(34)38)23-9-5-3-6-10-23/h3-14,19-22,31-35H,15-18,42H2,1-2H3/t31-,32?,33-,34-,35?/m1/s1. The minimum absolute atomic E-state index is 0.116. The molecular formula is C38H37BrCl2N2O2. The lowest BCUT2D eigenvalue weighted by Gasteiger charge is -2.55. The molecule has 7 rings (SSSR count). The molecule has 0 amide bonds. The zero-order chi connectivity index (χ0) is 31.5. The van der Waals surface area contributed by atoms with Crippen molar-refractivity contribution >= 4 is 50.8 Å². The monoisotopic (exact) mass is 702 g/mol. The molecule has 0 bridgehead atoms. The fraction of sp³-hybridized carbons (Fsp3) is 0.342. The largest absolute Gasteiger partial charge is 0.454 e. The van der Waals surface area contributed by atoms with Crippen LogP contribution in [0.5, 0.6) is 0 Å². The van der Waals surface area contributed by atoms with Gasteiger partial charge in [-0.2, -0.15) is 0 Å². The van der Waals surface area contributed by atoms with Gasteiger partial charge in [-0.05, 0) is 83.7 Å². The van der Waals surface area contributed by atoms with E-state index in [1.165, 1.54) is 0 Å². The number of carbonyl (C=O) groups excluding carboxylic acids is 1. The number of morpholine rings is 1. The lowest BCUT2D eigenvalue weighted by atomic mass is 9.61. The summed E-state index contributed by atoms with van der Waals surface area (Å²) in [6, 6.07) is 31.8. The highest BCUT2D eigenvalue weighted by Crippen LogP contribution is 2.66. The fourth-order valence-electron chi connectivity index (χ4n) is 8.50. The Bertz CT molecular complexity index is 1700. The number of halogens is 3. The Morgan fingerprint density at radius 3 is 2.04 bits per heavy atom. The van der Waals surface area contributed by atoms with Crippen LogP contribution < -0.4 is 5.73 Å². The summed E-state index contributed by atoms with van der Waals surface area (Å²) in [7, 11) is 0. The van der Waals surface area contributed by atoms with Crippen molar-refractivity contribution in [3.63, 3.8) is 0 Å². The van der Waals surface area contributed by atoms with Gasteiger partial charge in [0.2, 0.25) is 0 Å². The van der Waals surface area contributed by atoms with Gasteiger partial charge in [0, 0.05) is 37.6 Å². The zero-order valence-corrected chi connectivity index (χ0v) is 28.5.